The van der Waals surface area contributed by atoms with Gasteiger partial charge in [-0.2, -0.15) is 0 Å². The van der Waals surface area contributed by atoms with E-state index in [2.05, 4.69) is 19.0 Å². The molecule has 1 N–H and O–H groups in total. The number of nitrogens with zero attached hydrogens (tertiary/aromatic N) is 1. The highest BCUT2D eigenvalue weighted by Crippen LogP contribution is 2.31. The average Bonchev–Trinajstić information content (AvgIpc) is 2.42. The minimum absolute atomic E-state index is 0.139. The lowest BCUT2D eigenvalue weighted by Crippen LogP contribution is -2.35. The van der Waals surface area contributed by atoms with Crippen molar-refractivity contribution in [1.82, 2.24) is 4.90 Å². The molecular formula is C16H22ClNO3. The third kappa shape index (κ3) is 3.89. The van der Waals surface area contributed by atoms with Gasteiger partial charge in [-0.3, -0.25) is 0 Å². The third-order valence-electron chi connectivity index (χ3n) is 4.22. The number of benzene rings is 1. The summed E-state index contributed by atoms with van der Waals surface area (Å²) in [6, 6.07) is 3.79. The van der Waals surface area contributed by atoms with Gasteiger partial charge in [-0.05, 0) is 58.8 Å². The fraction of sp³-hybridized carbons (Fsp3) is 0.562. The summed E-state index contributed by atoms with van der Waals surface area (Å²) >= 11 is 6.00. The molecule has 1 aliphatic carbocycles. The lowest BCUT2D eigenvalue weighted by molar-refractivity contribution is 0.0694. The predicted molar refractivity (Wildman–Crippen MR) is 83.5 cm³/mol. The number of carboxylic acid groups (broad SMARTS) is 1. The molecule has 0 radical (unpaired) electrons. The maximum Gasteiger partial charge on any atom is 0.336 e. The van der Waals surface area contributed by atoms with Gasteiger partial charge in [0.1, 0.15) is 5.75 Å². The van der Waals surface area contributed by atoms with Crippen molar-refractivity contribution in [1.29, 1.82) is 0 Å². The first-order chi connectivity index (χ1) is 9.88. The van der Waals surface area contributed by atoms with E-state index >= 15 is 0 Å². The molecule has 0 aliphatic heterocycles. The van der Waals surface area contributed by atoms with Crippen LogP contribution in [0.5, 0.6) is 5.75 Å². The summed E-state index contributed by atoms with van der Waals surface area (Å²) in [4.78, 5) is 13.5. The van der Waals surface area contributed by atoms with E-state index < -0.39 is 5.97 Å². The minimum Gasteiger partial charge on any atom is -0.490 e. The van der Waals surface area contributed by atoms with Crippen LogP contribution in [0.2, 0.25) is 5.02 Å². The van der Waals surface area contributed by atoms with Gasteiger partial charge < -0.3 is 14.7 Å². The molecular weight excluding hydrogens is 290 g/mol. The Morgan fingerprint density at radius 2 is 1.90 bits per heavy atom. The molecule has 0 bridgehead atoms. The largest absolute Gasteiger partial charge is 0.490 e. The maximum atomic E-state index is 11.2. The topological polar surface area (TPSA) is 49.8 Å². The molecule has 1 aromatic rings. The highest BCUT2D eigenvalue weighted by atomic mass is 35.5. The molecule has 0 saturated heterocycles. The number of hydrogen-bond acceptors (Lipinski definition) is 3. The van der Waals surface area contributed by atoms with E-state index in [-0.39, 0.29) is 11.7 Å². The van der Waals surface area contributed by atoms with Crippen LogP contribution in [-0.4, -0.2) is 42.2 Å². The van der Waals surface area contributed by atoms with Crippen LogP contribution in [0.4, 0.5) is 0 Å². The first-order valence-corrected chi connectivity index (χ1v) is 7.62. The van der Waals surface area contributed by atoms with Crippen molar-refractivity contribution in [2.45, 2.75) is 44.8 Å². The summed E-state index contributed by atoms with van der Waals surface area (Å²) in [5, 5.41) is 9.59. The summed E-state index contributed by atoms with van der Waals surface area (Å²) < 4.78 is 6.02. The van der Waals surface area contributed by atoms with E-state index in [0.717, 1.165) is 25.7 Å². The Labute approximate surface area is 130 Å². The molecule has 1 fully saturated rings. The van der Waals surface area contributed by atoms with Gasteiger partial charge in [0.2, 0.25) is 0 Å². The SMILES string of the molecule is Cc1c(O[C@H]2CC[C@H](N(C)C)CC2)cc(Cl)cc1C(=O)O. The zero-order valence-corrected chi connectivity index (χ0v) is 13.5. The lowest BCUT2D eigenvalue weighted by atomic mass is 9.92. The molecule has 0 amide bonds. The second-order valence-corrected chi connectivity index (χ2v) is 6.33. The van der Waals surface area contributed by atoms with E-state index in [1.807, 2.05) is 0 Å². The predicted octanol–water partition coefficient (Wildman–Crippen LogP) is 3.60. The van der Waals surface area contributed by atoms with Crippen molar-refractivity contribution in [3.63, 3.8) is 0 Å². The number of halogens is 1. The van der Waals surface area contributed by atoms with Crippen molar-refractivity contribution in [2.75, 3.05) is 14.1 Å². The Kier molecular flexibility index (Phi) is 5.12. The fourth-order valence-corrected chi connectivity index (χ4v) is 3.07. The van der Waals surface area contributed by atoms with Gasteiger partial charge in [0, 0.05) is 16.6 Å². The first-order valence-electron chi connectivity index (χ1n) is 7.25. The molecule has 1 saturated carbocycles. The van der Waals surface area contributed by atoms with Gasteiger partial charge in [-0.1, -0.05) is 11.6 Å². The van der Waals surface area contributed by atoms with Gasteiger partial charge in [0.15, 0.2) is 0 Å². The van der Waals surface area contributed by atoms with Crippen LogP contribution < -0.4 is 4.74 Å². The highest BCUT2D eigenvalue weighted by molar-refractivity contribution is 6.31. The van der Waals surface area contributed by atoms with Crippen molar-refractivity contribution in [3.8, 4) is 5.75 Å². The second kappa shape index (κ2) is 6.67. The Morgan fingerprint density at radius 1 is 1.29 bits per heavy atom. The molecule has 1 aliphatic rings. The molecule has 0 atom stereocenters. The van der Waals surface area contributed by atoms with Gasteiger partial charge in [0.05, 0.1) is 11.7 Å². The first kappa shape index (κ1) is 16.1. The van der Waals surface area contributed by atoms with Gasteiger partial charge in [-0.25, -0.2) is 4.79 Å². The minimum atomic E-state index is -0.976. The zero-order chi connectivity index (χ0) is 15.6. The van der Waals surface area contributed by atoms with E-state index in [4.69, 9.17) is 16.3 Å². The van der Waals surface area contributed by atoms with Crippen LogP contribution in [0, 0.1) is 6.92 Å². The zero-order valence-electron chi connectivity index (χ0n) is 12.7. The number of carboxylic acids is 1. The standard InChI is InChI=1S/C16H22ClNO3/c1-10-14(16(19)20)8-11(17)9-15(10)21-13-6-4-12(5-7-13)18(2)3/h8-9,12-13H,4-7H2,1-3H3,(H,19,20)/t12-,13-. The van der Waals surface area contributed by atoms with Crippen LogP contribution in [0.15, 0.2) is 12.1 Å². The molecule has 0 unspecified atom stereocenters. The number of hydrogen-bond donors (Lipinski definition) is 1. The van der Waals surface area contributed by atoms with E-state index in [0.29, 0.717) is 22.4 Å². The second-order valence-electron chi connectivity index (χ2n) is 5.89. The number of aromatic carboxylic acids is 1. The van der Waals surface area contributed by atoms with Crippen LogP contribution >= 0.6 is 11.6 Å². The monoisotopic (exact) mass is 311 g/mol. The summed E-state index contributed by atoms with van der Waals surface area (Å²) in [7, 11) is 4.21. The highest BCUT2D eigenvalue weighted by Gasteiger charge is 2.24. The summed E-state index contributed by atoms with van der Waals surface area (Å²) in [5.41, 5.74) is 0.848. The third-order valence-corrected chi connectivity index (χ3v) is 4.44. The molecule has 0 aromatic heterocycles. The summed E-state index contributed by atoms with van der Waals surface area (Å²) in [6.45, 7) is 1.76. The fourth-order valence-electron chi connectivity index (χ4n) is 2.86. The molecule has 0 heterocycles. The van der Waals surface area contributed by atoms with Crippen LogP contribution in [0.3, 0.4) is 0 Å². The molecule has 2 rings (SSSR count). The quantitative estimate of drug-likeness (QED) is 0.923. The molecule has 4 nitrogen and oxygen atoms in total. The lowest BCUT2D eigenvalue weighted by Gasteiger charge is -2.33. The molecule has 21 heavy (non-hydrogen) atoms. The molecule has 5 heteroatoms. The maximum absolute atomic E-state index is 11.2. The Bertz CT molecular complexity index is 522. The van der Waals surface area contributed by atoms with Crippen molar-refractivity contribution >= 4 is 17.6 Å². The number of carbonyl (C=O) groups is 1. The van der Waals surface area contributed by atoms with E-state index in [9.17, 15) is 9.90 Å². The molecule has 0 spiro atoms. The van der Waals surface area contributed by atoms with Gasteiger partial charge in [-0.15, -0.1) is 0 Å². The Morgan fingerprint density at radius 3 is 2.43 bits per heavy atom. The van der Waals surface area contributed by atoms with E-state index in [1.54, 1.807) is 13.0 Å². The van der Waals surface area contributed by atoms with Gasteiger partial charge >= 0.3 is 5.97 Å². The number of rotatable bonds is 4. The van der Waals surface area contributed by atoms with Crippen LogP contribution in [-0.2, 0) is 0 Å². The molecule has 1 aromatic carbocycles. The van der Waals surface area contributed by atoms with Crippen molar-refractivity contribution in [3.05, 3.63) is 28.3 Å². The number of ether oxygens (including phenoxy) is 1. The summed E-state index contributed by atoms with van der Waals surface area (Å²) in [6.07, 6.45) is 4.31. The smallest absolute Gasteiger partial charge is 0.336 e. The Balaban J connectivity index is 2.09. The van der Waals surface area contributed by atoms with Crippen LogP contribution in [0.25, 0.3) is 0 Å². The van der Waals surface area contributed by atoms with E-state index in [1.165, 1.54) is 6.07 Å². The normalized spacial score (nSPS) is 22.3. The Hall–Kier alpha value is -1.26. The van der Waals surface area contributed by atoms with Crippen molar-refractivity contribution < 1.29 is 14.6 Å². The van der Waals surface area contributed by atoms with Crippen LogP contribution in [0.1, 0.15) is 41.6 Å². The molecule has 116 valence electrons. The average molecular weight is 312 g/mol. The van der Waals surface area contributed by atoms with Crippen molar-refractivity contribution in [2.24, 2.45) is 0 Å². The van der Waals surface area contributed by atoms with Gasteiger partial charge in [0.25, 0.3) is 0 Å². The summed E-state index contributed by atoms with van der Waals surface area (Å²) in [5.74, 6) is -0.385.